The molecule has 0 bridgehead atoms. The molecular formula is C8H9F2N3O2. The van der Waals surface area contributed by atoms with E-state index in [1.165, 1.54) is 0 Å². The molecule has 2 rings (SSSR count). The van der Waals surface area contributed by atoms with Gasteiger partial charge in [-0.2, -0.15) is 4.98 Å². The molecule has 82 valence electrons. The molecule has 0 unspecified atom stereocenters. The van der Waals surface area contributed by atoms with Crippen LogP contribution in [0.25, 0.3) is 0 Å². The van der Waals surface area contributed by atoms with Crippen LogP contribution in [0.3, 0.4) is 0 Å². The Hall–Kier alpha value is -1.47. The summed E-state index contributed by atoms with van der Waals surface area (Å²) in [5.74, 6) is 2.72. The van der Waals surface area contributed by atoms with E-state index in [1.807, 2.05) is 5.43 Å². The number of hydrazine groups is 1. The fraction of sp³-hybridized carbons (Fsp3) is 0.375. The first-order valence-electron chi connectivity index (χ1n) is 4.27. The highest BCUT2D eigenvalue weighted by Crippen LogP contribution is 2.22. The van der Waals surface area contributed by atoms with Gasteiger partial charge in [0.15, 0.2) is 17.5 Å². The lowest BCUT2D eigenvalue weighted by atomic mass is 10.3. The molecule has 7 heteroatoms. The third-order valence-corrected chi connectivity index (χ3v) is 1.92. The van der Waals surface area contributed by atoms with E-state index in [2.05, 4.69) is 4.98 Å². The largest absolute Gasteiger partial charge is 0.467 e. The van der Waals surface area contributed by atoms with Gasteiger partial charge in [0.1, 0.15) is 6.10 Å². The summed E-state index contributed by atoms with van der Waals surface area (Å²) in [4.78, 5) is 3.55. The average Bonchev–Trinajstić information content (AvgIpc) is 2.14. The number of anilines is 1. The number of hydrogen-bond donors (Lipinski definition) is 2. The van der Waals surface area contributed by atoms with Crippen molar-refractivity contribution in [1.29, 1.82) is 0 Å². The van der Waals surface area contributed by atoms with Crippen molar-refractivity contribution in [3.8, 4) is 5.88 Å². The van der Waals surface area contributed by atoms with Crippen molar-refractivity contribution in [2.24, 2.45) is 5.84 Å². The second kappa shape index (κ2) is 3.95. The lowest BCUT2D eigenvalue weighted by Gasteiger charge is -2.26. The minimum Gasteiger partial charge on any atom is -0.467 e. The quantitative estimate of drug-likeness (QED) is 0.567. The first-order chi connectivity index (χ1) is 7.20. The van der Waals surface area contributed by atoms with E-state index in [4.69, 9.17) is 15.3 Å². The molecule has 0 atom stereocenters. The Labute approximate surface area is 84.2 Å². The Morgan fingerprint density at radius 1 is 1.47 bits per heavy atom. The van der Waals surface area contributed by atoms with Crippen LogP contribution in [0.5, 0.6) is 5.88 Å². The van der Waals surface area contributed by atoms with Crippen molar-refractivity contribution in [1.82, 2.24) is 4.98 Å². The fourth-order valence-electron chi connectivity index (χ4n) is 1.07. The topological polar surface area (TPSA) is 69.4 Å². The number of nitrogens with one attached hydrogen (secondary N) is 1. The number of aromatic nitrogens is 1. The number of nitrogens with two attached hydrogens (primary N) is 1. The number of halogens is 2. The minimum atomic E-state index is -0.868. The van der Waals surface area contributed by atoms with Gasteiger partial charge in [-0.05, 0) is 0 Å². The molecule has 1 fully saturated rings. The maximum absolute atomic E-state index is 13.2. The first kappa shape index (κ1) is 10.1. The van der Waals surface area contributed by atoms with E-state index in [-0.39, 0.29) is 17.8 Å². The molecule has 2 heterocycles. The Kier molecular flexibility index (Phi) is 2.65. The molecule has 5 nitrogen and oxygen atoms in total. The summed E-state index contributed by atoms with van der Waals surface area (Å²) in [5.41, 5.74) is 2.01. The van der Waals surface area contributed by atoms with Crippen LogP contribution in [0.2, 0.25) is 0 Å². The van der Waals surface area contributed by atoms with Crippen LogP contribution in [-0.2, 0) is 4.74 Å². The van der Waals surface area contributed by atoms with Gasteiger partial charge in [0.05, 0.1) is 13.2 Å². The molecule has 0 spiro atoms. The molecule has 0 aliphatic carbocycles. The summed E-state index contributed by atoms with van der Waals surface area (Å²) in [5, 5.41) is 0. The lowest BCUT2D eigenvalue weighted by Crippen LogP contribution is -2.39. The van der Waals surface area contributed by atoms with Gasteiger partial charge in [0, 0.05) is 6.07 Å². The van der Waals surface area contributed by atoms with Gasteiger partial charge < -0.3 is 14.9 Å². The Morgan fingerprint density at radius 2 is 2.20 bits per heavy atom. The van der Waals surface area contributed by atoms with E-state index in [0.29, 0.717) is 19.3 Å². The predicted octanol–water partition coefficient (Wildman–Crippen LogP) is 0.423. The summed E-state index contributed by atoms with van der Waals surface area (Å²) in [7, 11) is 0. The SMILES string of the molecule is NNc1nc(OC2COC2)c(F)cc1F. The van der Waals surface area contributed by atoms with Gasteiger partial charge in [0.2, 0.25) is 0 Å². The zero-order chi connectivity index (χ0) is 10.8. The highest BCUT2D eigenvalue weighted by molar-refractivity contribution is 5.38. The van der Waals surface area contributed by atoms with E-state index in [1.54, 1.807) is 0 Å². The molecule has 1 aliphatic rings. The zero-order valence-electron chi connectivity index (χ0n) is 7.67. The molecule has 15 heavy (non-hydrogen) atoms. The molecule has 1 aromatic rings. The van der Waals surface area contributed by atoms with Crippen LogP contribution in [0.4, 0.5) is 14.6 Å². The van der Waals surface area contributed by atoms with Crippen LogP contribution in [0.15, 0.2) is 6.07 Å². The third-order valence-electron chi connectivity index (χ3n) is 1.92. The molecular weight excluding hydrogens is 208 g/mol. The summed E-state index contributed by atoms with van der Waals surface area (Å²) in [6, 6.07) is 0.664. The fourth-order valence-corrected chi connectivity index (χ4v) is 1.07. The zero-order valence-corrected chi connectivity index (χ0v) is 7.67. The van der Waals surface area contributed by atoms with E-state index in [9.17, 15) is 8.78 Å². The predicted molar refractivity (Wildman–Crippen MR) is 47.2 cm³/mol. The average molecular weight is 217 g/mol. The Bertz CT molecular complexity index is 371. The van der Waals surface area contributed by atoms with Gasteiger partial charge in [-0.1, -0.05) is 0 Å². The molecule has 1 aliphatic heterocycles. The molecule has 0 saturated carbocycles. The number of nitrogen functional groups attached to an aromatic ring is 1. The number of ether oxygens (including phenoxy) is 2. The van der Waals surface area contributed by atoms with Gasteiger partial charge >= 0.3 is 0 Å². The highest BCUT2D eigenvalue weighted by Gasteiger charge is 2.23. The van der Waals surface area contributed by atoms with Crippen molar-refractivity contribution < 1.29 is 18.3 Å². The van der Waals surface area contributed by atoms with Crippen molar-refractivity contribution in [3.05, 3.63) is 17.7 Å². The molecule has 1 saturated heterocycles. The summed E-state index contributed by atoms with van der Waals surface area (Å²) >= 11 is 0. The maximum atomic E-state index is 13.2. The smallest absolute Gasteiger partial charge is 0.253 e. The molecule has 3 N–H and O–H groups in total. The van der Waals surface area contributed by atoms with Gasteiger partial charge in [-0.25, -0.2) is 14.6 Å². The second-order valence-electron chi connectivity index (χ2n) is 3.03. The van der Waals surface area contributed by atoms with Crippen LogP contribution < -0.4 is 16.0 Å². The summed E-state index contributed by atoms with van der Waals surface area (Å²) in [6.45, 7) is 0.758. The van der Waals surface area contributed by atoms with E-state index in [0.717, 1.165) is 0 Å². The number of hydrogen-bond acceptors (Lipinski definition) is 5. The number of rotatable bonds is 3. The van der Waals surface area contributed by atoms with Crippen molar-refractivity contribution in [2.75, 3.05) is 18.6 Å². The number of pyridine rings is 1. The van der Waals surface area contributed by atoms with E-state index < -0.39 is 11.6 Å². The molecule has 1 aromatic heterocycles. The first-order valence-corrected chi connectivity index (χ1v) is 4.27. The van der Waals surface area contributed by atoms with Crippen molar-refractivity contribution >= 4 is 5.82 Å². The maximum Gasteiger partial charge on any atom is 0.253 e. The summed E-state index contributed by atoms with van der Waals surface area (Å²) < 4.78 is 36.0. The van der Waals surface area contributed by atoms with Crippen molar-refractivity contribution in [2.45, 2.75) is 6.10 Å². The van der Waals surface area contributed by atoms with Gasteiger partial charge in [-0.15, -0.1) is 0 Å². The standard InChI is InChI=1S/C8H9F2N3O2/c9-5-1-6(10)8(12-7(5)13-11)15-4-2-14-3-4/h1,4H,2-3,11H2,(H,12,13). The van der Waals surface area contributed by atoms with Gasteiger partial charge in [-0.3, -0.25) is 0 Å². The Morgan fingerprint density at radius 3 is 2.73 bits per heavy atom. The number of nitrogens with zero attached hydrogens (tertiary/aromatic N) is 1. The minimum absolute atomic E-state index is 0.233. The molecule has 0 aromatic carbocycles. The monoisotopic (exact) mass is 217 g/mol. The van der Waals surface area contributed by atoms with Crippen LogP contribution >= 0.6 is 0 Å². The Balaban J connectivity index is 2.21. The summed E-state index contributed by atoms with van der Waals surface area (Å²) in [6.07, 6.45) is -0.233. The van der Waals surface area contributed by atoms with Crippen LogP contribution in [0, 0.1) is 11.6 Å². The van der Waals surface area contributed by atoms with Crippen molar-refractivity contribution in [3.63, 3.8) is 0 Å². The van der Waals surface area contributed by atoms with Crippen LogP contribution in [-0.4, -0.2) is 24.3 Å². The third kappa shape index (κ3) is 1.97. The lowest BCUT2D eigenvalue weighted by molar-refractivity contribution is -0.0826. The normalized spacial score (nSPS) is 15.9. The van der Waals surface area contributed by atoms with E-state index >= 15 is 0 Å². The molecule has 0 amide bonds. The highest BCUT2D eigenvalue weighted by atomic mass is 19.1. The molecule has 0 radical (unpaired) electrons. The second-order valence-corrected chi connectivity index (χ2v) is 3.03. The van der Waals surface area contributed by atoms with Crippen LogP contribution in [0.1, 0.15) is 0 Å². The van der Waals surface area contributed by atoms with Gasteiger partial charge in [0.25, 0.3) is 5.88 Å².